The number of piperidine rings is 1. The van der Waals surface area contributed by atoms with Crippen molar-refractivity contribution in [3.63, 3.8) is 0 Å². The predicted molar refractivity (Wildman–Crippen MR) is 124 cm³/mol. The topological polar surface area (TPSA) is 104 Å². The Balaban J connectivity index is 1.54. The van der Waals surface area contributed by atoms with Crippen LogP contribution in [0, 0.1) is 5.92 Å². The molecular formula is C21H24ClN3O5S2. The minimum atomic E-state index is -3.77. The highest BCUT2D eigenvalue weighted by atomic mass is 35.5. The van der Waals surface area contributed by atoms with E-state index in [1.54, 1.807) is 12.1 Å². The van der Waals surface area contributed by atoms with Crippen LogP contribution in [0.1, 0.15) is 18.4 Å². The maximum atomic E-state index is 13.2. The molecule has 172 valence electrons. The number of rotatable bonds is 5. The Morgan fingerprint density at radius 3 is 2.47 bits per heavy atom. The van der Waals surface area contributed by atoms with Crippen LogP contribution in [0.5, 0.6) is 0 Å². The summed E-state index contributed by atoms with van der Waals surface area (Å²) in [4.78, 5) is 12.9. The Morgan fingerprint density at radius 2 is 1.78 bits per heavy atom. The summed E-state index contributed by atoms with van der Waals surface area (Å²) in [5.41, 5.74) is 1.88. The quantitative estimate of drug-likeness (QED) is 0.684. The second kappa shape index (κ2) is 8.66. The highest BCUT2D eigenvalue weighted by Crippen LogP contribution is 2.35. The third-order valence-electron chi connectivity index (χ3n) is 5.83. The highest BCUT2D eigenvalue weighted by Gasteiger charge is 2.33. The SMILES string of the molecule is CS(=O)(=O)N1CCC[C@H](C(=O)Nc2ccc3c(c2)N(S(=O)(=O)c2ccc(Cl)cc2)CC3)C1. The molecule has 2 heterocycles. The molecule has 0 aromatic heterocycles. The smallest absolute Gasteiger partial charge is 0.264 e. The molecule has 0 aliphatic carbocycles. The van der Waals surface area contributed by atoms with Crippen LogP contribution >= 0.6 is 11.6 Å². The summed E-state index contributed by atoms with van der Waals surface area (Å²) in [5.74, 6) is -0.732. The maximum Gasteiger partial charge on any atom is 0.264 e. The summed E-state index contributed by atoms with van der Waals surface area (Å²) in [5, 5.41) is 3.29. The van der Waals surface area contributed by atoms with Gasteiger partial charge in [-0.05, 0) is 61.2 Å². The molecule has 1 amide bonds. The minimum absolute atomic E-state index is 0.146. The fourth-order valence-corrected chi connectivity index (χ4v) is 6.65. The first-order chi connectivity index (χ1) is 15.1. The third-order valence-corrected chi connectivity index (χ3v) is 9.18. The van der Waals surface area contributed by atoms with Gasteiger partial charge in [-0.1, -0.05) is 17.7 Å². The number of hydrogen-bond donors (Lipinski definition) is 1. The van der Waals surface area contributed by atoms with Crippen molar-refractivity contribution in [2.75, 3.05) is 35.5 Å². The lowest BCUT2D eigenvalue weighted by molar-refractivity contribution is -0.120. The van der Waals surface area contributed by atoms with Crippen LogP contribution in [0.15, 0.2) is 47.4 Å². The van der Waals surface area contributed by atoms with E-state index in [4.69, 9.17) is 11.6 Å². The molecule has 2 aromatic carbocycles. The van der Waals surface area contributed by atoms with Gasteiger partial charge in [0.15, 0.2) is 0 Å². The van der Waals surface area contributed by atoms with Crippen molar-refractivity contribution < 1.29 is 21.6 Å². The van der Waals surface area contributed by atoms with Gasteiger partial charge in [0, 0.05) is 30.3 Å². The van der Waals surface area contributed by atoms with Gasteiger partial charge in [-0.25, -0.2) is 21.1 Å². The van der Waals surface area contributed by atoms with Gasteiger partial charge in [0.1, 0.15) is 0 Å². The molecule has 8 nitrogen and oxygen atoms in total. The van der Waals surface area contributed by atoms with Gasteiger partial charge in [-0.15, -0.1) is 0 Å². The number of benzene rings is 2. The number of nitrogens with one attached hydrogen (secondary N) is 1. The molecule has 0 spiro atoms. The van der Waals surface area contributed by atoms with Crippen LogP contribution < -0.4 is 9.62 Å². The lowest BCUT2D eigenvalue weighted by Crippen LogP contribution is -2.43. The summed E-state index contributed by atoms with van der Waals surface area (Å²) < 4.78 is 52.6. The van der Waals surface area contributed by atoms with Crippen molar-refractivity contribution in [2.24, 2.45) is 5.92 Å². The first kappa shape index (κ1) is 23.0. The minimum Gasteiger partial charge on any atom is -0.326 e. The number of fused-ring (bicyclic) bond motifs is 1. The van der Waals surface area contributed by atoms with Crippen molar-refractivity contribution in [3.8, 4) is 0 Å². The monoisotopic (exact) mass is 497 g/mol. The largest absolute Gasteiger partial charge is 0.326 e. The summed E-state index contributed by atoms with van der Waals surface area (Å²) in [7, 11) is -7.12. The van der Waals surface area contributed by atoms with E-state index in [9.17, 15) is 21.6 Å². The lowest BCUT2D eigenvalue weighted by atomic mass is 9.98. The molecule has 2 aliphatic heterocycles. The highest BCUT2D eigenvalue weighted by molar-refractivity contribution is 7.92. The maximum absolute atomic E-state index is 13.2. The zero-order valence-electron chi connectivity index (χ0n) is 17.5. The first-order valence-corrected chi connectivity index (χ1v) is 13.9. The van der Waals surface area contributed by atoms with E-state index in [2.05, 4.69) is 5.32 Å². The van der Waals surface area contributed by atoms with Gasteiger partial charge in [0.2, 0.25) is 15.9 Å². The van der Waals surface area contributed by atoms with Gasteiger partial charge in [0.25, 0.3) is 10.0 Å². The number of nitrogens with zero attached hydrogens (tertiary/aromatic N) is 2. The summed E-state index contributed by atoms with van der Waals surface area (Å²) >= 11 is 5.88. The van der Waals surface area contributed by atoms with E-state index < -0.39 is 26.0 Å². The number of anilines is 2. The van der Waals surface area contributed by atoms with Crippen LogP contribution in [0.25, 0.3) is 0 Å². The molecule has 32 heavy (non-hydrogen) atoms. The van der Waals surface area contributed by atoms with Gasteiger partial charge < -0.3 is 5.32 Å². The Labute approximate surface area is 193 Å². The standard InChI is InChI=1S/C21H24ClN3O5S2/c1-31(27,28)24-11-2-3-16(14-24)21(26)23-18-7-4-15-10-12-25(20(15)13-18)32(29,30)19-8-5-17(22)6-9-19/h4-9,13,16H,2-3,10-12,14H2,1H3,(H,23,26)/t16-/m0/s1. The number of amides is 1. The fourth-order valence-electron chi connectivity index (χ4n) is 4.11. The Morgan fingerprint density at radius 1 is 1.06 bits per heavy atom. The average Bonchev–Trinajstić information content (AvgIpc) is 3.17. The molecule has 4 rings (SSSR count). The lowest BCUT2D eigenvalue weighted by Gasteiger charge is -2.30. The van der Waals surface area contributed by atoms with Crippen molar-refractivity contribution in [1.29, 1.82) is 0 Å². The number of hydrogen-bond acceptors (Lipinski definition) is 5. The van der Waals surface area contributed by atoms with E-state index in [-0.39, 0.29) is 17.3 Å². The summed E-state index contributed by atoms with van der Waals surface area (Å²) in [6.07, 6.45) is 2.92. The van der Waals surface area contributed by atoms with Gasteiger partial charge in [0.05, 0.1) is 22.8 Å². The molecule has 0 unspecified atom stereocenters. The van der Waals surface area contributed by atoms with Crippen LogP contribution in [-0.4, -0.2) is 52.9 Å². The van der Waals surface area contributed by atoms with Gasteiger partial charge >= 0.3 is 0 Å². The number of halogens is 1. The average molecular weight is 498 g/mol. The van der Waals surface area contributed by atoms with Crippen molar-refractivity contribution in [2.45, 2.75) is 24.2 Å². The Hall–Kier alpha value is -2.14. The molecule has 1 N–H and O–H groups in total. The molecule has 2 aromatic rings. The normalized spacial score (nSPS) is 19.6. The molecule has 2 aliphatic rings. The Kier molecular flexibility index (Phi) is 6.23. The number of sulfonamides is 2. The molecule has 0 bridgehead atoms. The molecule has 1 atom stereocenters. The van der Waals surface area contributed by atoms with Crippen molar-refractivity contribution in [3.05, 3.63) is 53.1 Å². The zero-order chi connectivity index (χ0) is 23.1. The van der Waals surface area contributed by atoms with E-state index in [1.165, 1.54) is 32.9 Å². The van der Waals surface area contributed by atoms with Crippen LogP contribution in [0.2, 0.25) is 5.02 Å². The molecule has 1 fully saturated rings. The van der Waals surface area contributed by atoms with Crippen LogP contribution in [0.3, 0.4) is 0 Å². The molecule has 0 radical (unpaired) electrons. The second-order valence-electron chi connectivity index (χ2n) is 8.07. The molecule has 0 saturated carbocycles. The summed E-state index contributed by atoms with van der Waals surface area (Å²) in [6, 6.07) is 11.2. The van der Waals surface area contributed by atoms with Gasteiger partial charge in [-0.3, -0.25) is 9.10 Å². The third kappa shape index (κ3) is 4.63. The summed E-state index contributed by atoms with van der Waals surface area (Å²) in [6.45, 7) is 0.870. The first-order valence-electron chi connectivity index (χ1n) is 10.2. The van der Waals surface area contributed by atoms with Gasteiger partial charge in [-0.2, -0.15) is 0 Å². The van der Waals surface area contributed by atoms with Crippen molar-refractivity contribution in [1.82, 2.24) is 4.31 Å². The van der Waals surface area contributed by atoms with E-state index in [0.29, 0.717) is 48.7 Å². The fraction of sp³-hybridized carbons (Fsp3) is 0.381. The molecular weight excluding hydrogens is 474 g/mol. The van der Waals surface area contributed by atoms with E-state index in [0.717, 1.165) is 11.8 Å². The second-order valence-corrected chi connectivity index (χ2v) is 12.4. The number of carbonyl (C=O) groups is 1. The van der Waals surface area contributed by atoms with E-state index >= 15 is 0 Å². The number of carbonyl (C=O) groups excluding carboxylic acids is 1. The zero-order valence-corrected chi connectivity index (χ0v) is 19.9. The van der Waals surface area contributed by atoms with Crippen molar-refractivity contribution >= 4 is 48.9 Å². The molecule has 11 heteroatoms. The predicted octanol–water partition coefficient (Wildman–Crippen LogP) is 2.70. The molecule has 1 saturated heterocycles. The Bertz CT molecular complexity index is 1250. The van der Waals surface area contributed by atoms with E-state index in [1.807, 2.05) is 6.07 Å². The van der Waals surface area contributed by atoms with Crippen LogP contribution in [0.4, 0.5) is 11.4 Å². The van der Waals surface area contributed by atoms with Crippen LogP contribution in [-0.2, 0) is 31.3 Å².